The normalized spacial score (nSPS) is 10.5. The highest BCUT2D eigenvalue weighted by Crippen LogP contribution is 2.14. The van der Waals surface area contributed by atoms with Gasteiger partial charge in [0.1, 0.15) is 10.6 Å². The molecule has 0 amide bonds. The number of nitrogens with zero attached hydrogens (tertiary/aromatic N) is 4. The van der Waals surface area contributed by atoms with E-state index in [-0.39, 0.29) is 5.78 Å². The molecule has 0 atom stereocenters. The molecule has 0 aliphatic rings. The van der Waals surface area contributed by atoms with E-state index in [9.17, 15) is 4.79 Å². The van der Waals surface area contributed by atoms with Crippen molar-refractivity contribution in [1.82, 2.24) is 19.1 Å². The van der Waals surface area contributed by atoms with Gasteiger partial charge in [0.05, 0.1) is 12.0 Å². The van der Waals surface area contributed by atoms with E-state index in [1.54, 1.807) is 19.4 Å². The molecule has 0 radical (unpaired) electrons. The van der Waals surface area contributed by atoms with E-state index in [2.05, 4.69) is 14.6 Å². The number of imidazole rings is 1. The SMILES string of the molecule is CCn1cnc(C(=O)c2snnc2C)c1. The average molecular weight is 222 g/mol. The number of hydrogen-bond acceptors (Lipinski definition) is 5. The Kier molecular flexibility index (Phi) is 2.59. The van der Waals surface area contributed by atoms with Crippen molar-refractivity contribution in [3.63, 3.8) is 0 Å². The maximum atomic E-state index is 11.9. The van der Waals surface area contributed by atoms with Gasteiger partial charge in [0.15, 0.2) is 0 Å². The van der Waals surface area contributed by atoms with Gasteiger partial charge < -0.3 is 4.57 Å². The molecule has 0 unspecified atom stereocenters. The van der Waals surface area contributed by atoms with Crippen LogP contribution in [0.4, 0.5) is 0 Å². The molecule has 78 valence electrons. The summed E-state index contributed by atoms with van der Waals surface area (Å²) >= 11 is 1.11. The van der Waals surface area contributed by atoms with Crippen molar-refractivity contribution >= 4 is 17.3 Å². The second-order valence-corrected chi connectivity index (χ2v) is 3.86. The molecule has 2 aromatic rings. The lowest BCUT2D eigenvalue weighted by Gasteiger charge is -1.92. The van der Waals surface area contributed by atoms with Crippen molar-refractivity contribution < 1.29 is 4.79 Å². The summed E-state index contributed by atoms with van der Waals surface area (Å²) in [5, 5.41) is 3.80. The summed E-state index contributed by atoms with van der Waals surface area (Å²) in [5.74, 6) is -0.102. The van der Waals surface area contributed by atoms with E-state index in [1.807, 2.05) is 11.5 Å². The van der Waals surface area contributed by atoms with Crippen LogP contribution in [0.5, 0.6) is 0 Å². The average Bonchev–Trinajstić information content (AvgIpc) is 2.84. The lowest BCUT2D eigenvalue weighted by Crippen LogP contribution is -2.01. The van der Waals surface area contributed by atoms with Gasteiger partial charge in [-0.2, -0.15) is 0 Å². The van der Waals surface area contributed by atoms with Gasteiger partial charge in [-0.15, -0.1) is 5.10 Å². The molecule has 2 rings (SSSR count). The molecule has 0 spiro atoms. The first-order valence-electron chi connectivity index (χ1n) is 4.57. The first-order chi connectivity index (χ1) is 7.22. The Balaban J connectivity index is 2.32. The predicted octanol–water partition coefficient (Wildman–Crippen LogP) is 1.29. The van der Waals surface area contributed by atoms with Crippen molar-refractivity contribution in [2.75, 3.05) is 0 Å². The number of rotatable bonds is 3. The molecule has 0 saturated heterocycles. The van der Waals surface area contributed by atoms with Crippen molar-refractivity contribution in [3.8, 4) is 0 Å². The molecule has 0 aliphatic heterocycles. The number of hydrogen-bond donors (Lipinski definition) is 0. The highest BCUT2D eigenvalue weighted by Gasteiger charge is 2.17. The topological polar surface area (TPSA) is 60.7 Å². The van der Waals surface area contributed by atoms with Gasteiger partial charge in [-0.25, -0.2) is 4.98 Å². The third-order valence-electron chi connectivity index (χ3n) is 2.09. The first kappa shape index (κ1) is 9.97. The zero-order valence-corrected chi connectivity index (χ0v) is 9.28. The van der Waals surface area contributed by atoms with Crippen LogP contribution < -0.4 is 0 Å². The van der Waals surface area contributed by atoms with Gasteiger partial charge in [0.25, 0.3) is 0 Å². The van der Waals surface area contributed by atoms with Gasteiger partial charge >= 0.3 is 0 Å². The Morgan fingerprint density at radius 1 is 1.60 bits per heavy atom. The van der Waals surface area contributed by atoms with E-state index in [0.29, 0.717) is 16.3 Å². The predicted molar refractivity (Wildman–Crippen MR) is 56.0 cm³/mol. The van der Waals surface area contributed by atoms with Gasteiger partial charge in [-0.3, -0.25) is 4.79 Å². The standard InChI is InChI=1S/C9H10N4OS/c1-3-13-4-7(10-5-13)8(14)9-6(2)11-12-15-9/h4-5H,3H2,1-2H3. The summed E-state index contributed by atoms with van der Waals surface area (Å²) in [6.45, 7) is 4.57. The van der Waals surface area contributed by atoms with E-state index in [4.69, 9.17) is 0 Å². The fraction of sp³-hybridized carbons (Fsp3) is 0.333. The maximum Gasteiger partial charge on any atom is 0.226 e. The largest absolute Gasteiger partial charge is 0.337 e. The van der Waals surface area contributed by atoms with Gasteiger partial charge in [-0.1, -0.05) is 4.49 Å². The molecule has 2 aromatic heterocycles. The van der Waals surface area contributed by atoms with Crippen LogP contribution in [0, 0.1) is 6.92 Å². The number of aryl methyl sites for hydroxylation is 2. The third kappa shape index (κ3) is 1.80. The van der Waals surface area contributed by atoms with Crippen molar-refractivity contribution in [3.05, 3.63) is 28.8 Å². The van der Waals surface area contributed by atoms with Crippen LogP contribution in [-0.2, 0) is 6.54 Å². The Labute approximate surface area is 90.9 Å². The van der Waals surface area contributed by atoms with Crippen LogP contribution in [0.3, 0.4) is 0 Å². The van der Waals surface area contributed by atoms with Crippen LogP contribution in [0.15, 0.2) is 12.5 Å². The molecule has 6 heteroatoms. The summed E-state index contributed by atoms with van der Waals surface area (Å²) in [6, 6.07) is 0. The monoisotopic (exact) mass is 222 g/mol. The van der Waals surface area contributed by atoms with Crippen molar-refractivity contribution in [2.45, 2.75) is 20.4 Å². The zero-order chi connectivity index (χ0) is 10.8. The van der Waals surface area contributed by atoms with Crippen LogP contribution in [0.1, 0.15) is 28.0 Å². The Bertz CT molecular complexity index is 488. The molecule has 0 N–H and O–H groups in total. The van der Waals surface area contributed by atoms with E-state index in [1.165, 1.54) is 0 Å². The summed E-state index contributed by atoms with van der Waals surface area (Å²) in [4.78, 5) is 16.5. The minimum Gasteiger partial charge on any atom is -0.337 e. The third-order valence-corrected chi connectivity index (χ3v) is 2.92. The molecule has 0 saturated carbocycles. The molecule has 2 heterocycles. The number of carbonyl (C=O) groups excluding carboxylic acids is 1. The summed E-state index contributed by atoms with van der Waals surface area (Å²) in [5.41, 5.74) is 1.11. The quantitative estimate of drug-likeness (QED) is 0.734. The van der Waals surface area contributed by atoms with E-state index >= 15 is 0 Å². The smallest absolute Gasteiger partial charge is 0.226 e. The van der Waals surface area contributed by atoms with Crippen LogP contribution in [0.25, 0.3) is 0 Å². The molecule has 15 heavy (non-hydrogen) atoms. The molecular weight excluding hydrogens is 212 g/mol. The minimum absolute atomic E-state index is 0.102. The molecule has 0 fully saturated rings. The number of ketones is 1. The molecule has 0 aromatic carbocycles. The van der Waals surface area contributed by atoms with Gasteiger partial charge in [-0.05, 0) is 25.4 Å². The minimum atomic E-state index is -0.102. The summed E-state index contributed by atoms with van der Waals surface area (Å²) in [7, 11) is 0. The maximum absolute atomic E-state index is 11.9. The summed E-state index contributed by atoms with van der Waals surface area (Å²) in [6.07, 6.45) is 3.39. The number of carbonyl (C=O) groups is 1. The van der Waals surface area contributed by atoms with Gasteiger partial charge in [0, 0.05) is 12.7 Å². The van der Waals surface area contributed by atoms with Crippen LogP contribution in [-0.4, -0.2) is 24.9 Å². The second-order valence-electron chi connectivity index (χ2n) is 3.11. The van der Waals surface area contributed by atoms with Crippen molar-refractivity contribution in [2.24, 2.45) is 0 Å². The second kappa shape index (κ2) is 3.90. The van der Waals surface area contributed by atoms with Crippen molar-refractivity contribution in [1.29, 1.82) is 0 Å². The van der Waals surface area contributed by atoms with E-state index in [0.717, 1.165) is 18.1 Å². The number of aromatic nitrogens is 4. The Hall–Kier alpha value is -1.56. The Morgan fingerprint density at radius 2 is 2.40 bits per heavy atom. The molecule has 5 nitrogen and oxygen atoms in total. The van der Waals surface area contributed by atoms with Gasteiger partial charge in [0.2, 0.25) is 5.78 Å². The zero-order valence-electron chi connectivity index (χ0n) is 8.47. The highest BCUT2D eigenvalue weighted by atomic mass is 32.1. The molecule has 0 aliphatic carbocycles. The Morgan fingerprint density at radius 3 is 2.93 bits per heavy atom. The fourth-order valence-electron chi connectivity index (χ4n) is 1.21. The van der Waals surface area contributed by atoms with E-state index < -0.39 is 0 Å². The molecular formula is C9H10N4OS. The lowest BCUT2D eigenvalue weighted by molar-refractivity contribution is 0.103. The summed E-state index contributed by atoms with van der Waals surface area (Å²) < 4.78 is 5.59. The molecule has 0 bridgehead atoms. The van der Waals surface area contributed by atoms with Crippen LogP contribution >= 0.6 is 11.5 Å². The first-order valence-corrected chi connectivity index (χ1v) is 5.35. The van der Waals surface area contributed by atoms with Crippen LogP contribution in [0.2, 0.25) is 0 Å². The highest BCUT2D eigenvalue weighted by molar-refractivity contribution is 7.08. The fourth-order valence-corrected chi connectivity index (χ4v) is 1.81. The lowest BCUT2D eigenvalue weighted by atomic mass is 10.2.